The molecule has 37 heavy (non-hydrogen) atoms. The summed E-state index contributed by atoms with van der Waals surface area (Å²) in [4.78, 5) is 29.7. The normalized spacial score (nSPS) is 14.9. The topological polar surface area (TPSA) is 62.6 Å². The Labute approximate surface area is 233 Å². The summed E-state index contributed by atoms with van der Waals surface area (Å²) < 4.78 is 6.66. The molecule has 0 saturated heterocycles. The first-order chi connectivity index (χ1) is 17.9. The SMILES string of the molecule is O=C(NC1CCCCC1)C(c1ccccc1Br)N(C(=O)c1cc2cc(Cl)ccc2o1)c1ccc(Cl)cc1. The number of anilines is 1. The average Bonchev–Trinajstić information content (AvgIpc) is 3.32. The number of carbonyl (C=O) groups is 2. The van der Waals surface area contributed by atoms with Gasteiger partial charge in [-0.05, 0) is 73.0 Å². The monoisotopic (exact) mass is 598 g/mol. The molecule has 4 aromatic rings. The Morgan fingerprint density at radius 2 is 1.62 bits per heavy atom. The average molecular weight is 600 g/mol. The molecule has 1 heterocycles. The summed E-state index contributed by atoms with van der Waals surface area (Å²) >= 11 is 15.9. The van der Waals surface area contributed by atoms with Crippen LogP contribution in [0.3, 0.4) is 0 Å². The minimum absolute atomic E-state index is 0.0711. The van der Waals surface area contributed by atoms with E-state index in [1.807, 2.05) is 24.3 Å². The zero-order valence-electron chi connectivity index (χ0n) is 19.9. The van der Waals surface area contributed by atoms with Gasteiger partial charge in [-0.15, -0.1) is 0 Å². The van der Waals surface area contributed by atoms with Gasteiger partial charge < -0.3 is 9.73 Å². The van der Waals surface area contributed by atoms with Gasteiger partial charge in [0.15, 0.2) is 5.76 Å². The fourth-order valence-corrected chi connectivity index (χ4v) is 5.65. The molecule has 0 spiro atoms. The van der Waals surface area contributed by atoms with Gasteiger partial charge in [-0.25, -0.2) is 0 Å². The molecule has 1 aliphatic rings. The van der Waals surface area contributed by atoms with Crippen molar-refractivity contribution in [3.63, 3.8) is 0 Å². The zero-order valence-corrected chi connectivity index (χ0v) is 23.0. The summed E-state index contributed by atoms with van der Waals surface area (Å²) in [6.07, 6.45) is 5.17. The molecule has 1 aliphatic carbocycles. The maximum Gasteiger partial charge on any atom is 0.295 e. The third-order valence-corrected chi connectivity index (χ3v) is 7.88. The van der Waals surface area contributed by atoms with Gasteiger partial charge in [0.1, 0.15) is 11.6 Å². The molecule has 5 nitrogen and oxygen atoms in total. The Morgan fingerprint density at radius 1 is 0.919 bits per heavy atom. The summed E-state index contributed by atoms with van der Waals surface area (Å²) in [5.74, 6) is -0.592. The lowest BCUT2D eigenvalue weighted by Gasteiger charge is -2.33. The van der Waals surface area contributed by atoms with E-state index in [0.717, 1.165) is 30.2 Å². The van der Waals surface area contributed by atoms with E-state index < -0.39 is 11.9 Å². The molecule has 1 saturated carbocycles. The first-order valence-corrected chi connectivity index (χ1v) is 13.8. The molecule has 8 heteroatoms. The van der Waals surface area contributed by atoms with Crippen molar-refractivity contribution in [1.29, 1.82) is 0 Å². The van der Waals surface area contributed by atoms with Crippen molar-refractivity contribution in [1.82, 2.24) is 5.32 Å². The molecular weight excluding hydrogens is 575 g/mol. The Balaban J connectivity index is 1.62. The van der Waals surface area contributed by atoms with Crippen LogP contribution in [0.25, 0.3) is 11.0 Å². The second-order valence-electron chi connectivity index (χ2n) is 9.21. The summed E-state index contributed by atoms with van der Waals surface area (Å²) in [5, 5.41) is 4.99. The van der Waals surface area contributed by atoms with Gasteiger partial charge in [-0.3, -0.25) is 14.5 Å². The van der Waals surface area contributed by atoms with E-state index in [2.05, 4.69) is 21.2 Å². The fraction of sp³-hybridized carbons (Fsp3) is 0.241. The Bertz CT molecular complexity index is 1430. The number of nitrogens with one attached hydrogen (secondary N) is 1. The molecule has 190 valence electrons. The molecule has 1 fully saturated rings. The van der Waals surface area contributed by atoms with Crippen LogP contribution in [0.5, 0.6) is 0 Å². The van der Waals surface area contributed by atoms with Crippen molar-refractivity contribution < 1.29 is 14.0 Å². The van der Waals surface area contributed by atoms with E-state index in [1.54, 1.807) is 48.5 Å². The lowest BCUT2D eigenvalue weighted by Crippen LogP contribution is -2.47. The second kappa shape index (κ2) is 11.3. The lowest BCUT2D eigenvalue weighted by molar-refractivity contribution is -0.123. The van der Waals surface area contributed by atoms with Crippen LogP contribution in [-0.2, 0) is 4.79 Å². The lowest BCUT2D eigenvalue weighted by atomic mass is 9.94. The van der Waals surface area contributed by atoms with Crippen LogP contribution in [0.15, 0.2) is 81.7 Å². The van der Waals surface area contributed by atoms with E-state index in [4.69, 9.17) is 27.6 Å². The minimum Gasteiger partial charge on any atom is -0.451 e. The van der Waals surface area contributed by atoms with Crippen molar-refractivity contribution in [3.05, 3.63) is 98.6 Å². The van der Waals surface area contributed by atoms with E-state index in [9.17, 15) is 9.59 Å². The van der Waals surface area contributed by atoms with Gasteiger partial charge >= 0.3 is 0 Å². The first-order valence-electron chi connectivity index (χ1n) is 12.2. The van der Waals surface area contributed by atoms with Crippen molar-refractivity contribution >= 4 is 67.6 Å². The van der Waals surface area contributed by atoms with E-state index >= 15 is 0 Å². The highest BCUT2D eigenvalue weighted by Crippen LogP contribution is 2.35. The quantitative estimate of drug-likeness (QED) is 0.242. The number of carbonyl (C=O) groups excluding carboxylic acids is 2. The summed E-state index contributed by atoms with van der Waals surface area (Å²) in [7, 11) is 0. The summed E-state index contributed by atoms with van der Waals surface area (Å²) in [5.41, 5.74) is 1.72. The van der Waals surface area contributed by atoms with Crippen LogP contribution < -0.4 is 10.2 Å². The smallest absolute Gasteiger partial charge is 0.295 e. The van der Waals surface area contributed by atoms with E-state index in [-0.39, 0.29) is 17.7 Å². The number of amides is 2. The summed E-state index contributed by atoms with van der Waals surface area (Å²) in [6.45, 7) is 0. The molecule has 1 N–H and O–H groups in total. The van der Waals surface area contributed by atoms with Crippen LogP contribution in [0, 0.1) is 0 Å². The number of halogens is 3. The highest BCUT2D eigenvalue weighted by atomic mass is 79.9. The molecule has 0 aliphatic heterocycles. The van der Waals surface area contributed by atoms with Gasteiger partial charge in [0.2, 0.25) is 5.91 Å². The zero-order chi connectivity index (χ0) is 25.9. The molecule has 1 atom stereocenters. The van der Waals surface area contributed by atoms with Gasteiger partial charge in [0.25, 0.3) is 5.91 Å². The highest BCUT2D eigenvalue weighted by molar-refractivity contribution is 9.10. The molecule has 0 bridgehead atoms. The molecule has 3 aromatic carbocycles. The minimum atomic E-state index is -0.956. The Morgan fingerprint density at radius 3 is 2.35 bits per heavy atom. The third-order valence-electron chi connectivity index (χ3n) is 6.67. The van der Waals surface area contributed by atoms with Crippen molar-refractivity contribution in [2.75, 3.05) is 4.90 Å². The number of rotatable bonds is 6. The summed E-state index contributed by atoms with van der Waals surface area (Å²) in [6, 6.07) is 20.3. The Hall–Kier alpha value is -2.80. The molecule has 5 rings (SSSR count). The van der Waals surface area contributed by atoms with Gasteiger partial charge in [0, 0.05) is 31.6 Å². The second-order valence-corrected chi connectivity index (χ2v) is 10.9. The predicted molar refractivity (Wildman–Crippen MR) is 151 cm³/mol. The van der Waals surface area contributed by atoms with Crippen LogP contribution in [0.2, 0.25) is 10.0 Å². The van der Waals surface area contributed by atoms with Crippen molar-refractivity contribution in [2.24, 2.45) is 0 Å². The molecular formula is C29H25BrCl2N2O3. The third kappa shape index (κ3) is 5.71. The number of hydrogen-bond donors (Lipinski definition) is 1. The van der Waals surface area contributed by atoms with Crippen molar-refractivity contribution in [3.8, 4) is 0 Å². The molecule has 1 unspecified atom stereocenters. The van der Waals surface area contributed by atoms with Crippen LogP contribution in [-0.4, -0.2) is 17.9 Å². The maximum atomic E-state index is 14.2. The molecule has 2 amide bonds. The number of hydrogen-bond acceptors (Lipinski definition) is 3. The largest absolute Gasteiger partial charge is 0.451 e. The van der Waals surface area contributed by atoms with Crippen molar-refractivity contribution in [2.45, 2.75) is 44.2 Å². The highest BCUT2D eigenvalue weighted by Gasteiger charge is 2.37. The molecule has 1 aromatic heterocycles. The van der Waals surface area contributed by atoms with E-state index in [0.29, 0.717) is 32.3 Å². The number of benzene rings is 3. The number of nitrogens with zero attached hydrogens (tertiary/aromatic N) is 1. The standard InChI is InChI=1S/C29H25BrCl2N2O3/c30-24-9-5-4-8-23(24)27(28(35)33-21-6-2-1-3-7-21)34(22-13-10-19(31)11-14-22)29(36)26-17-18-16-20(32)12-15-25(18)37-26/h4-5,8-17,21,27H,1-3,6-7H2,(H,33,35). The fourth-order valence-electron chi connectivity index (χ4n) is 4.85. The van der Waals surface area contributed by atoms with E-state index in [1.165, 1.54) is 11.3 Å². The van der Waals surface area contributed by atoms with Gasteiger partial charge in [0.05, 0.1) is 0 Å². The number of fused-ring (bicyclic) bond motifs is 1. The first kappa shape index (κ1) is 25.8. The maximum absolute atomic E-state index is 14.2. The Kier molecular flexibility index (Phi) is 7.89. The molecule has 0 radical (unpaired) electrons. The number of furan rings is 1. The van der Waals surface area contributed by atoms with Gasteiger partial charge in [-0.2, -0.15) is 0 Å². The van der Waals surface area contributed by atoms with Crippen LogP contribution in [0.4, 0.5) is 5.69 Å². The van der Waals surface area contributed by atoms with Gasteiger partial charge in [-0.1, -0.05) is 76.6 Å². The van der Waals surface area contributed by atoms with Crippen LogP contribution >= 0.6 is 39.1 Å². The predicted octanol–water partition coefficient (Wildman–Crippen LogP) is 8.34. The van der Waals surface area contributed by atoms with Crippen LogP contribution in [0.1, 0.15) is 54.3 Å².